The van der Waals surface area contributed by atoms with E-state index in [1.165, 1.54) is 38.5 Å². The molecule has 2 heteroatoms. The minimum absolute atomic E-state index is 0.537. The Morgan fingerprint density at radius 1 is 1.25 bits per heavy atom. The van der Waals surface area contributed by atoms with Gasteiger partial charge in [0.25, 0.3) is 0 Å². The third kappa shape index (κ3) is 6.49. The summed E-state index contributed by atoms with van der Waals surface area (Å²) < 4.78 is 5.61. The quantitative estimate of drug-likeness (QED) is 0.686. The van der Waals surface area contributed by atoms with Crippen LogP contribution in [-0.2, 0) is 4.74 Å². The van der Waals surface area contributed by atoms with Crippen molar-refractivity contribution < 1.29 is 4.74 Å². The van der Waals surface area contributed by atoms with Gasteiger partial charge >= 0.3 is 0 Å². The normalized spacial score (nSPS) is 22.9. The van der Waals surface area contributed by atoms with Gasteiger partial charge in [0.1, 0.15) is 0 Å². The highest BCUT2D eigenvalue weighted by Crippen LogP contribution is 2.14. The van der Waals surface area contributed by atoms with Crippen molar-refractivity contribution in [3.8, 4) is 0 Å². The second-order valence-corrected chi connectivity index (χ2v) is 5.60. The van der Waals surface area contributed by atoms with E-state index < -0.39 is 0 Å². The molecule has 0 radical (unpaired) electrons. The first kappa shape index (κ1) is 14.0. The average molecular weight is 227 g/mol. The third-order valence-corrected chi connectivity index (χ3v) is 3.40. The second-order valence-electron chi connectivity index (χ2n) is 5.60. The van der Waals surface area contributed by atoms with Crippen molar-refractivity contribution in [3.05, 3.63) is 0 Å². The van der Waals surface area contributed by atoms with Crippen LogP contribution in [0.2, 0.25) is 0 Å². The van der Waals surface area contributed by atoms with Crippen LogP contribution < -0.4 is 5.32 Å². The van der Waals surface area contributed by atoms with Gasteiger partial charge in [-0.1, -0.05) is 26.7 Å². The van der Waals surface area contributed by atoms with Gasteiger partial charge in [-0.25, -0.2) is 0 Å². The fourth-order valence-electron chi connectivity index (χ4n) is 2.30. The Hall–Kier alpha value is -0.0800. The predicted octanol–water partition coefficient (Wildman–Crippen LogP) is 3.36. The van der Waals surface area contributed by atoms with Crippen LogP contribution in [0.5, 0.6) is 0 Å². The Morgan fingerprint density at radius 2 is 2.06 bits per heavy atom. The van der Waals surface area contributed by atoms with E-state index in [2.05, 4.69) is 26.1 Å². The SMILES string of the molecule is CC(C)CCCC(C)NCCC1CCCO1. The van der Waals surface area contributed by atoms with Crippen LogP contribution in [0.15, 0.2) is 0 Å². The summed E-state index contributed by atoms with van der Waals surface area (Å²) in [5.74, 6) is 0.846. The molecular weight excluding hydrogens is 198 g/mol. The first-order valence-corrected chi connectivity index (χ1v) is 7.03. The van der Waals surface area contributed by atoms with Crippen molar-refractivity contribution in [1.82, 2.24) is 5.32 Å². The molecule has 1 rings (SSSR count). The van der Waals surface area contributed by atoms with Gasteiger partial charge in [0.15, 0.2) is 0 Å². The van der Waals surface area contributed by atoms with E-state index in [1.807, 2.05) is 0 Å². The van der Waals surface area contributed by atoms with Crippen LogP contribution in [0, 0.1) is 5.92 Å². The molecule has 0 saturated carbocycles. The second kappa shape index (κ2) is 8.08. The van der Waals surface area contributed by atoms with Crippen LogP contribution in [0.1, 0.15) is 59.3 Å². The zero-order chi connectivity index (χ0) is 11.8. The van der Waals surface area contributed by atoms with Gasteiger partial charge in [-0.3, -0.25) is 0 Å². The number of ether oxygens (including phenoxy) is 1. The summed E-state index contributed by atoms with van der Waals surface area (Å²) in [5, 5.41) is 3.60. The Balaban J connectivity index is 1.91. The molecule has 0 aromatic carbocycles. The lowest BCUT2D eigenvalue weighted by Crippen LogP contribution is -2.29. The molecule has 0 spiro atoms. The summed E-state index contributed by atoms with van der Waals surface area (Å²) in [4.78, 5) is 0. The van der Waals surface area contributed by atoms with Gasteiger partial charge in [-0.2, -0.15) is 0 Å². The van der Waals surface area contributed by atoms with Crippen molar-refractivity contribution in [1.29, 1.82) is 0 Å². The molecule has 1 aliphatic rings. The van der Waals surface area contributed by atoms with Gasteiger partial charge in [0.05, 0.1) is 6.10 Å². The first-order chi connectivity index (χ1) is 7.68. The highest BCUT2D eigenvalue weighted by atomic mass is 16.5. The summed E-state index contributed by atoms with van der Waals surface area (Å²) >= 11 is 0. The third-order valence-electron chi connectivity index (χ3n) is 3.40. The predicted molar refractivity (Wildman–Crippen MR) is 69.7 cm³/mol. The van der Waals surface area contributed by atoms with Crippen molar-refractivity contribution in [3.63, 3.8) is 0 Å². The van der Waals surface area contributed by atoms with Gasteiger partial charge in [0, 0.05) is 12.6 Å². The molecule has 1 aliphatic heterocycles. The van der Waals surface area contributed by atoms with Crippen molar-refractivity contribution >= 4 is 0 Å². The molecule has 0 bridgehead atoms. The molecule has 1 saturated heterocycles. The maximum Gasteiger partial charge on any atom is 0.0588 e. The zero-order valence-corrected chi connectivity index (χ0v) is 11.3. The standard InChI is InChI=1S/C14H29NO/c1-12(2)6-4-7-13(3)15-10-9-14-8-5-11-16-14/h12-15H,4-11H2,1-3H3. The van der Waals surface area contributed by atoms with E-state index in [9.17, 15) is 0 Å². The molecule has 2 nitrogen and oxygen atoms in total. The Morgan fingerprint density at radius 3 is 2.69 bits per heavy atom. The first-order valence-electron chi connectivity index (χ1n) is 7.03. The zero-order valence-electron chi connectivity index (χ0n) is 11.3. The Bertz CT molecular complexity index is 164. The fraction of sp³-hybridized carbons (Fsp3) is 1.00. The van der Waals surface area contributed by atoms with Crippen LogP contribution >= 0.6 is 0 Å². The van der Waals surface area contributed by atoms with Crippen LogP contribution in [0.4, 0.5) is 0 Å². The summed E-state index contributed by atoms with van der Waals surface area (Å²) in [6, 6.07) is 0.667. The Kier molecular flexibility index (Phi) is 7.06. The van der Waals surface area contributed by atoms with Crippen LogP contribution in [-0.4, -0.2) is 25.3 Å². The molecule has 0 amide bonds. The highest BCUT2D eigenvalue weighted by Gasteiger charge is 2.14. The van der Waals surface area contributed by atoms with Crippen LogP contribution in [0.25, 0.3) is 0 Å². The van der Waals surface area contributed by atoms with E-state index in [0.29, 0.717) is 12.1 Å². The average Bonchev–Trinajstić information content (AvgIpc) is 2.70. The highest BCUT2D eigenvalue weighted by molar-refractivity contribution is 4.68. The summed E-state index contributed by atoms with van der Waals surface area (Å²) in [5.41, 5.74) is 0. The molecule has 2 atom stereocenters. The van der Waals surface area contributed by atoms with Crippen molar-refractivity contribution in [2.75, 3.05) is 13.2 Å². The molecule has 1 fully saturated rings. The molecule has 1 heterocycles. The lowest BCUT2D eigenvalue weighted by molar-refractivity contribution is 0.103. The van der Waals surface area contributed by atoms with Gasteiger partial charge in [-0.05, 0) is 45.1 Å². The number of hydrogen-bond donors (Lipinski definition) is 1. The lowest BCUT2D eigenvalue weighted by atomic mass is 10.0. The number of rotatable bonds is 8. The maximum absolute atomic E-state index is 5.61. The number of hydrogen-bond acceptors (Lipinski definition) is 2. The minimum atomic E-state index is 0.537. The molecule has 2 unspecified atom stereocenters. The molecule has 0 aromatic heterocycles. The smallest absolute Gasteiger partial charge is 0.0588 e. The monoisotopic (exact) mass is 227 g/mol. The molecular formula is C14H29NO. The minimum Gasteiger partial charge on any atom is -0.378 e. The summed E-state index contributed by atoms with van der Waals surface area (Å²) in [6.45, 7) is 9.00. The van der Waals surface area contributed by atoms with Crippen molar-refractivity contribution in [2.45, 2.75) is 71.4 Å². The van der Waals surface area contributed by atoms with Gasteiger partial charge in [-0.15, -0.1) is 0 Å². The molecule has 16 heavy (non-hydrogen) atoms. The van der Waals surface area contributed by atoms with Gasteiger partial charge in [0.2, 0.25) is 0 Å². The molecule has 0 aliphatic carbocycles. The fourth-order valence-corrected chi connectivity index (χ4v) is 2.30. The van der Waals surface area contributed by atoms with E-state index in [0.717, 1.165) is 19.1 Å². The summed E-state index contributed by atoms with van der Waals surface area (Å²) in [6.07, 6.45) is 8.27. The van der Waals surface area contributed by atoms with Gasteiger partial charge < -0.3 is 10.1 Å². The Labute approximate surface area is 101 Å². The topological polar surface area (TPSA) is 21.3 Å². The van der Waals surface area contributed by atoms with E-state index >= 15 is 0 Å². The molecule has 96 valence electrons. The van der Waals surface area contributed by atoms with E-state index in [1.54, 1.807) is 0 Å². The van der Waals surface area contributed by atoms with Crippen molar-refractivity contribution in [2.24, 2.45) is 5.92 Å². The lowest BCUT2D eigenvalue weighted by Gasteiger charge is -2.16. The summed E-state index contributed by atoms with van der Waals surface area (Å²) in [7, 11) is 0. The molecule has 1 N–H and O–H groups in total. The van der Waals surface area contributed by atoms with E-state index in [-0.39, 0.29) is 0 Å². The van der Waals surface area contributed by atoms with E-state index in [4.69, 9.17) is 4.74 Å². The molecule has 0 aromatic rings. The largest absolute Gasteiger partial charge is 0.378 e. The maximum atomic E-state index is 5.61. The van der Waals surface area contributed by atoms with Crippen LogP contribution in [0.3, 0.4) is 0 Å². The number of nitrogens with one attached hydrogen (secondary N) is 1.